The molecule has 142 valence electrons. The van der Waals surface area contributed by atoms with Crippen molar-refractivity contribution in [3.63, 3.8) is 0 Å². The van der Waals surface area contributed by atoms with Crippen molar-refractivity contribution in [1.82, 2.24) is 0 Å². The number of carbonyl (C=O) groups excluding carboxylic acids is 1. The van der Waals surface area contributed by atoms with E-state index in [2.05, 4.69) is 46.8 Å². The highest BCUT2D eigenvalue weighted by Gasteiger charge is 2.55. The van der Waals surface area contributed by atoms with Gasteiger partial charge >= 0.3 is 5.97 Å². The largest absolute Gasteiger partial charge is 0.460 e. The minimum absolute atomic E-state index is 0.0929. The van der Waals surface area contributed by atoms with Crippen molar-refractivity contribution in [3.8, 4) is 0 Å². The first-order valence-corrected chi connectivity index (χ1v) is 10.4. The van der Waals surface area contributed by atoms with E-state index in [0.29, 0.717) is 6.61 Å². The van der Waals surface area contributed by atoms with Crippen LogP contribution in [0.1, 0.15) is 81.5 Å². The predicted octanol–water partition coefficient (Wildman–Crippen LogP) is 5.86. The maximum atomic E-state index is 13.1. The topological polar surface area (TPSA) is 26.3 Å². The van der Waals surface area contributed by atoms with Crippen LogP contribution < -0.4 is 0 Å². The zero-order valence-corrected chi connectivity index (χ0v) is 17.2. The van der Waals surface area contributed by atoms with Crippen molar-refractivity contribution in [1.29, 1.82) is 0 Å². The Hall–Kier alpha value is -1.31. The van der Waals surface area contributed by atoms with E-state index >= 15 is 0 Å². The summed E-state index contributed by atoms with van der Waals surface area (Å²) in [4.78, 5) is 13.1. The predicted molar refractivity (Wildman–Crippen MR) is 105 cm³/mol. The molecule has 0 radical (unpaired) electrons. The lowest BCUT2D eigenvalue weighted by molar-refractivity contribution is -0.173. The average molecular weight is 355 g/mol. The summed E-state index contributed by atoms with van der Waals surface area (Å²) < 4.78 is 5.96. The van der Waals surface area contributed by atoms with E-state index in [1.54, 1.807) is 0 Å². The van der Waals surface area contributed by atoms with Gasteiger partial charge < -0.3 is 4.74 Å². The molecule has 2 heteroatoms. The molecule has 0 unspecified atom stereocenters. The summed E-state index contributed by atoms with van der Waals surface area (Å²) >= 11 is 0. The minimum Gasteiger partial charge on any atom is -0.460 e. The Kier molecular flexibility index (Phi) is 4.24. The molecule has 0 spiro atoms. The van der Waals surface area contributed by atoms with Crippen LogP contribution in [0.2, 0.25) is 0 Å². The van der Waals surface area contributed by atoms with E-state index in [1.165, 1.54) is 41.5 Å². The SMILES string of the molecule is Cc1cc(C(C)(C)C)cc(C)c1COC(=O)C12CC3CC(CC(C3)C1)C2. The van der Waals surface area contributed by atoms with Crippen LogP contribution in [0.25, 0.3) is 0 Å². The normalized spacial score (nSPS) is 32.7. The molecule has 1 aromatic carbocycles. The Bertz CT molecular complexity index is 664. The van der Waals surface area contributed by atoms with Crippen molar-refractivity contribution in [2.24, 2.45) is 23.2 Å². The Morgan fingerprint density at radius 2 is 1.46 bits per heavy atom. The van der Waals surface area contributed by atoms with E-state index in [1.807, 2.05) is 0 Å². The van der Waals surface area contributed by atoms with E-state index in [9.17, 15) is 4.79 Å². The third-order valence-corrected chi connectivity index (χ3v) is 7.38. The van der Waals surface area contributed by atoms with Crippen LogP contribution in [-0.4, -0.2) is 5.97 Å². The Morgan fingerprint density at radius 1 is 1.00 bits per heavy atom. The van der Waals surface area contributed by atoms with E-state index < -0.39 is 0 Å². The highest BCUT2D eigenvalue weighted by atomic mass is 16.5. The second-order valence-electron chi connectivity index (χ2n) is 10.6. The molecule has 4 saturated carbocycles. The fraction of sp³-hybridized carbons (Fsp3) is 0.708. The second kappa shape index (κ2) is 6.11. The lowest BCUT2D eigenvalue weighted by atomic mass is 9.49. The number of rotatable bonds is 3. The Balaban J connectivity index is 1.49. The lowest BCUT2D eigenvalue weighted by Crippen LogP contribution is -2.50. The molecule has 0 N–H and O–H groups in total. The number of ether oxygens (including phenoxy) is 1. The molecule has 4 aliphatic rings. The minimum atomic E-state index is -0.151. The standard InChI is InChI=1S/C24H34O2/c1-15-6-20(23(3,4)5)7-16(2)21(15)14-26-22(25)24-11-17-8-18(12-24)10-19(9-17)13-24/h6-7,17-19H,8-14H2,1-5H3. The number of carbonyl (C=O) groups is 1. The van der Waals surface area contributed by atoms with Gasteiger partial charge in [-0.25, -0.2) is 0 Å². The Morgan fingerprint density at radius 3 is 1.88 bits per heavy atom. The summed E-state index contributed by atoms with van der Waals surface area (Å²) in [6, 6.07) is 4.53. The van der Waals surface area contributed by atoms with Crippen LogP contribution in [0.15, 0.2) is 12.1 Å². The summed E-state index contributed by atoms with van der Waals surface area (Å²) in [5, 5.41) is 0. The molecule has 0 aliphatic heterocycles. The van der Waals surface area contributed by atoms with Crippen LogP contribution in [0.4, 0.5) is 0 Å². The molecular weight excluding hydrogens is 320 g/mol. The zero-order valence-electron chi connectivity index (χ0n) is 17.2. The van der Waals surface area contributed by atoms with Crippen LogP contribution in [-0.2, 0) is 21.6 Å². The number of hydrogen-bond acceptors (Lipinski definition) is 2. The van der Waals surface area contributed by atoms with Crippen LogP contribution in [0.5, 0.6) is 0 Å². The van der Waals surface area contributed by atoms with Crippen LogP contribution in [0, 0.1) is 37.0 Å². The first-order chi connectivity index (χ1) is 12.2. The molecule has 2 nitrogen and oxygen atoms in total. The number of hydrogen-bond donors (Lipinski definition) is 0. The number of aryl methyl sites for hydroxylation is 2. The maximum Gasteiger partial charge on any atom is 0.312 e. The molecule has 0 amide bonds. The molecular formula is C24H34O2. The van der Waals surface area contributed by atoms with E-state index in [0.717, 1.165) is 37.0 Å². The quantitative estimate of drug-likeness (QED) is 0.635. The summed E-state index contributed by atoms with van der Waals surface area (Å²) in [7, 11) is 0. The van der Waals surface area contributed by atoms with Crippen LogP contribution in [0.3, 0.4) is 0 Å². The fourth-order valence-electron chi connectivity index (χ4n) is 6.31. The van der Waals surface area contributed by atoms with Crippen molar-refractivity contribution in [3.05, 3.63) is 34.4 Å². The summed E-state index contributed by atoms with van der Waals surface area (Å²) in [6.45, 7) is 11.5. The first-order valence-electron chi connectivity index (χ1n) is 10.4. The van der Waals surface area contributed by atoms with Crippen molar-refractivity contribution in [2.75, 3.05) is 0 Å². The average Bonchev–Trinajstić information content (AvgIpc) is 2.51. The van der Waals surface area contributed by atoms with Gasteiger partial charge in [0, 0.05) is 0 Å². The first kappa shape index (κ1) is 18.1. The highest BCUT2D eigenvalue weighted by Crippen LogP contribution is 2.60. The van der Waals surface area contributed by atoms with Gasteiger partial charge in [0.1, 0.15) is 6.61 Å². The molecule has 26 heavy (non-hydrogen) atoms. The van der Waals surface area contributed by atoms with Gasteiger partial charge in [-0.05, 0) is 97.8 Å². The summed E-state index contributed by atoms with van der Waals surface area (Å²) in [5.74, 6) is 2.44. The molecule has 4 fully saturated rings. The molecule has 0 atom stereocenters. The van der Waals surface area contributed by atoms with Gasteiger partial charge in [0.15, 0.2) is 0 Å². The smallest absolute Gasteiger partial charge is 0.312 e. The lowest BCUT2D eigenvalue weighted by Gasteiger charge is -2.55. The molecule has 0 aromatic heterocycles. The number of esters is 1. The van der Waals surface area contributed by atoms with E-state index in [-0.39, 0.29) is 16.8 Å². The Labute approximate surface area is 158 Å². The molecule has 5 rings (SSSR count). The van der Waals surface area contributed by atoms with Crippen molar-refractivity contribution in [2.45, 2.75) is 85.2 Å². The summed E-state index contributed by atoms with van der Waals surface area (Å²) in [5.41, 5.74) is 5.02. The van der Waals surface area contributed by atoms with Gasteiger partial charge in [0.25, 0.3) is 0 Å². The highest BCUT2D eigenvalue weighted by molar-refractivity contribution is 5.77. The van der Waals surface area contributed by atoms with Gasteiger partial charge in [0.2, 0.25) is 0 Å². The zero-order chi connectivity index (χ0) is 18.7. The third kappa shape index (κ3) is 3.10. The molecule has 0 heterocycles. The van der Waals surface area contributed by atoms with Crippen molar-refractivity contribution >= 4 is 5.97 Å². The van der Waals surface area contributed by atoms with Gasteiger partial charge in [-0.1, -0.05) is 32.9 Å². The second-order valence-corrected chi connectivity index (χ2v) is 10.6. The molecule has 4 aliphatic carbocycles. The maximum absolute atomic E-state index is 13.1. The van der Waals surface area contributed by atoms with Gasteiger partial charge in [-0.3, -0.25) is 4.79 Å². The van der Waals surface area contributed by atoms with Gasteiger partial charge in [-0.15, -0.1) is 0 Å². The van der Waals surface area contributed by atoms with Gasteiger partial charge in [-0.2, -0.15) is 0 Å². The van der Waals surface area contributed by atoms with Gasteiger partial charge in [0.05, 0.1) is 5.41 Å². The molecule has 4 bridgehead atoms. The molecule has 0 saturated heterocycles. The molecule has 1 aromatic rings. The monoisotopic (exact) mass is 354 g/mol. The van der Waals surface area contributed by atoms with Crippen LogP contribution >= 0.6 is 0 Å². The number of benzene rings is 1. The third-order valence-electron chi connectivity index (χ3n) is 7.38. The van der Waals surface area contributed by atoms with E-state index in [4.69, 9.17) is 4.74 Å². The fourth-order valence-corrected chi connectivity index (χ4v) is 6.31. The summed E-state index contributed by atoms with van der Waals surface area (Å²) in [6.07, 6.45) is 7.33. The van der Waals surface area contributed by atoms with Crippen molar-refractivity contribution < 1.29 is 9.53 Å².